The van der Waals surface area contributed by atoms with Crippen LogP contribution in [0.3, 0.4) is 0 Å². The highest BCUT2D eigenvalue weighted by Gasteiger charge is 2.20. The second-order valence-electron chi connectivity index (χ2n) is 4.05. The lowest BCUT2D eigenvalue weighted by atomic mass is 10.3. The van der Waals surface area contributed by atoms with E-state index in [-0.39, 0.29) is 21.5 Å². The lowest BCUT2D eigenvalue weighted by molar-refractivity contribution is 0.340. The Morgan fingerprint density at radius 2 is 2.05 bits per heavy atom. The van der Waals surface area contributed by atoms with Gasteiger partial charge >= 0.3 is 0 Å². The summed E-state index contributed by atoms with van der Waals surface area (Å²) in [5.74, 6) is 0.834. The van der Waals surface area contributed by atoms with Gasteiger partial charge in [0.2, 0.25) is 10.0 Å². The van der Waals surface area contributed by atoms with Crippen LogP contribution in [0.5, 0.6) is 5.75 Å². The molecule has 0 spiro atoms. The first-order valence-electron chi connectivity index (χ1n) is 6.08. The normalized spacial score (nSPS) is 11.6. The van der Waals surface area contributed by atoms with Gasteiger partial charge in [0.15, 0.2) is 0 Å². The molecular formula is C13H13Cl2NO4S. The zero-order valence-corrected chi connectivity index (χ0v) is 13.4. The van der Waals surface area contributed by atoms with Gasteiger partial charge < -0.3 is 9.15 Å². The molecule has 5 nitrogen and oxygen atoms in total. The molecule has 1 heterocycles. The summed E-state index contributed by atoms with van der Waals surface area (Å²) in [6.07, 6.45) is 1.46. The quantitative estimate of drug-likeness (QED) is 0.866. The number of hydrogen-bond acceptors (Lipinski definition) is 4. The highest BCUT2D eigenvalue weighted by atomic mass is 35.5. The molecule has 1 N–H and O–H groups in total. The van der Waals surface area contributed by atoms with Crippen LogP contribution in [0.1, 0.15) is 12.7 Å². The average Bonchev–Trinajstić information content (AvgIpc) is 2.94. The molecule has 114 valence electrons. The molecule has 8 heteroatoms. The van der Waals surface area contributed by atoms with Gasteiger partial charge in [-0.1, -0.05) is 23.2 Å². The highest BCUT2D eigenvalue weighted by Crippen LogP contribution is 2.33. The summed E-state index contributed by atoms with van der Waals surface area (Å²) in [4.78, 5) is -0.107. The van der Waals surface area contributed by atoms with Crippen LogP contribution < -0.4 is 9.46 Å². The van der Waals surface area contributed by atoms with Crippen molar-refractivity contribution in [1.29, 1.82) is 0 Å². The number of ether oxygens (including phenoxy) is 1. The van der Waals surface area contributed by atoms with E-state index in [2.05, 4.69) is 4.72 Å². The van der Waals surface area contributed by atoms with Crippen LogP contribution in [0.15, 0.2) is 39.8 Å². The molecule has 0 atom stereocenters. The standard InChI is InChI=1S/C13H13Cl2NO4S/c1-2-19-12-6-11(15)13(7-10(12)14)21(17,18)16-8-9-4-3-5-20-9/h3-7,16H,2,8H2,1H3. The first-order valence-corrected chi connectivity index (χ1v) is 8.32. The van der Waals surface area contributed by atoms with Gasteiger partial charge in [-0.3, -0.25) is 0 Å². The zero-order valence-electron chi connectivity index (χ0n) is 11.1. The number of sulfonamides is 1. The molecule has 1 aromatic heterocycles. The van der Waals surface area contributed by atoms with E-state index in [9.17, 15) is 8.42 Å². The molecule has 0 unspecified atom stereocenters. The molecule has 0 saturated heterocycles. The SMILES string of the molecule is CCOc1cc(Cl)c(S(=O)(=O)NCc2ccco2)cc1Cl. The van der Waals surface area contributed by atoms with Gasteiger partial charge in [0, 0.05) is 6.07 Å². The van der Waals surface area contributed by atoms with E-state index in [1.807, 2.05) is 0 Å². The van der Waals surface area contributed by atoms with E-state index in [0.29, 0.717) is 18.1 Å². The summed E-state index contributed by atoms with van der Waals surface area (Å²) >= 11 is 12.0. The van der Waals surface area contributed by atoms with Gasteiger partial charge in [-0.25, -0.2) is 13.1 Å². The highest BCUT2D eigenvalue weighted by molar-refractivity contribution is 7.89. The van der Waals surface area contributed by atoms with E-state index >= 15 is 0 Å². The van der Waals surface area contributed by atoms with E-state index < -0.39 is 10.0 Å². The minimum Gasteiger partial charge on any atom is -0.492 e. The minimum absolute atomic E-state index is 0.0243. The predicted octanol–water partition coefficient (Wildman–Crippen LogP) is 3.46. The van der Waals surface area contributed by atoms with Crippen LogP contribution >= 0.6 is 23.2 Å². The number of furan rings is 1. The Labute approximate surface area is 132 Å². The fraction of sp³-hybridized carbons (Fsp3) is 0.231. The van der Waals surface area contributed by atoms with Crippen LogP contribution in [0.25, 0.3) is 0 Å². The lowest BCUT2D eigenvalue weighted by Gasteiger charge is -2.11. The van der Waals surface area contributed by atoms with Gasteiger partial charge in [0.05, 0.1) is 29.5 Å². The maximum atomic E-state index is 12.2. The van der Waals surface area contributed by atoms with Gasteiger partial charge in [-0.15, -0.1) is 0 Å². The number of benzene rings is 1. The Kier molecular flexibility index (Phi) is 5.16. The van der Waals surface area contributed by atoms with Crippen molar-refractivity contribution in [3.63, 3.8) is 0 Å². The van der Waals surface area contributed by atoms with Crippen molar-refractivity contribution in [2.45, 2.75) is 18.4 Å². The molecule has 0 aliphatic rings. The number of rotatable bonds is 6. The van der Waals surface area contributed by atoms with E-state index in [1.165, 1.54) is 18.4 Å². The van der Waals surface area contributed by atoms with Crippen molar-refractivity contribution >= 4 is 33.2 Å². The van der Waals surface area contributed by atoms with Gasteiger partial charge in [-0.2, -0.15) is 0 Å². The van der Waals surface area contributed by atoms with E-state index in [4.69, 9.17) is 32.4 Å². The molecule has 2 rings (SSSR count). The Bertz CT molecular complexity index is 714. The van der Waals surface area contributed by atoms with Crippen molar-refractivity contribution in [2.75, 3.05) is 6.61 Å². The number of hydrogen-bond donors (Lipinski definition) is 1. The first kappa shape index (κ1) is 16.2. The molecular weight excluding hydrogens is 337 g/mol. The molecule has 0 radical (unpaired) electrons. The maximum absolute atomic E-state index is 12.2. The van der Waals surface area contributed by atoms with Crippen LogP contribution in [-0.4, -0.2) is 15.0 Å². The van der Waals surface area contributed by atoms with Crippen molar-refractivity contribution in [3.8, 4) is 5.75 Å². The predicted molar refractivity (Wildman–Crippen MR) is 80.4 cm³/mol. The largest absolute Gasteiger partial charge is 0.492 e. The molecule has 2 aromatic rings. The van der Waals surface area contributed by atoms with Crippen LogP contribution in [0.2, 0.25) is 10.0 Å². The van der Waals surface area contributed by atoms with Gasteiger partial charge in [0.25, 0.3) is 0 Å². The molecule has 0 fully saturated rings. The lowest BCUT2D eigenvalue weighted by Crippen LogP contribution is -2.23. The van der Waals surface area contributed by atoms with Gasteiger partial charge in [-0.05, 0) is 25.1 Å². The summed E-state index contributed by atoms with van der Waals surface area (Å²) in [5.41, 5.74) is 0. The van der Waals surface area contributed by atoms with Crippen LogP contribution in [0.4, 0.5) is 0 Å². The van der Waals surface area contributed by atoms with Crippen molar-refractivity contribution in [2.24, 2.45) is 0 Å². The van der Waals surface area contributed by atoms with Crippen LogP contribution in [0, 0.1) is 0 Å². The van der Waals surface area contributed by atoms with Gasteiger partial charge in [0.1, 0.15) is 16.4 Å². The zero-order chi connectivity index (χ0) is 15.5. The Morgan fingerprint density at radius 3 is 2.67 bits per heavy atom. The number of nitrogens with one attached hydrogen (secondary N) is 1. The molecule has 0 aliphatic heterocycles. The minimum atomic E-state index is -3.80. The number of halogens is 2. The summed E-state index contributed by atoms with van der Waals surface area (Å²) in [6.45, 7) is 2.22. The second-order valence-corrected chi connectivity index (χ2v) is 6.60. The van der Waals surface area contributed by atoms with E-state index in [1.54, 1.807) is 19.1 Å². The van der Waals surface area contributed by atoms with Crippen molar-refractivity contribution < 1.29 is 17.6 Å². The second kappa shape index (κ2) is 6.70. The average molecular weight is 350 g/mol. The summed E-state index contributed by atoms with van der Waals surface area (Å²) in [7, 11) is -3.80. The molecule has 0 saturated carbocycles. The molecule has 0 bridgehead atoms. The smallest absolute Gasteiger partial charge is 0.242 e. The van der Waals surface area contributed by atoms with Crippen molar-refractivity contribution in [3.05, 3.63) is 46.3 Å². The third-order valence-corrected chi connectivity index (χ3v) is 4.75. The maximum Gasteiger partial charge on any atom is 0.242 e. The summed E-state index contributed by atoms with van der Waals surface area (Å²) in [6, 6.07) is 5.98. The monoisotopic (exact) mass is 349 g/mol. The Morgan fingerprint density at radius 1 is 1.29 bits per heavy atom. The first-order chi connectivity index (χ1) is 9.94. The third-order valence-electron chi connectivity index (χ3n) is 2.59. The van der Waals surface area contributed by atoms with Crippen molar-refractivity contribution in [1.82, 2.24) is 4.72 Å². The fourth-order valence-corrected chi connectivity index (χ4v) is 3.46. The Hall–Kier alpha value is -1.21. The van der Waals surface area contributed by atoms with E-state index in [0.717, 1.165) is 0 Å². The topological polar surface area (TPSA) is 68.5 Å². The molecule has 21 heavy (non-hydrogen) atoms. The molecule has 0 amide bonds. The summed E-state index contributed by atoms with van der Waals surface area (Å²) < 4.78 is 37.2. The Balaban J connectivity index is 2.25. The summed E-state index contributed by atoms with van der Waals surface area (Å²) in [5, 5.41) is 0.217. The fourth-order valence-electron chi connectivity index (χ4n) is 1.64. The molecule has 1 aromatic carbocycles. The third kappa shape index (κ3) is 3.91. The molecule has 0 aliphatic carbocycles. The van der Waals surface area contributed by atoms with Crippen LogP contribution in [-0.2, 0) is 16.6 Å².